The van der Waals surface area contributed by atoms with Crippen molar-refractivity contribution in [2.75, 3.05) is 20.6 Å². The first kappa shape index (κ1) is 31.9. The highest BCUT2D eigenvalue weighted by molar-refractivity contribution is 5.69. The fourth-order valence-corrected chi connectivity index (χ4v) is 4.96. The van der Waals surface area contributed by atoms with Gasteiger partial charge in [-0.2, -0.15) is 0 Å². The average Bonchev–Trinajstić information content (AvgIpc) is 2.91. The molecule has 0 fully saturated rings. The summed E-state index contributed by atoms with van der Waals surface area (Å²) in [6.07, 6.45) is 15.3. The van der Waals surface area contributed by atoms with Gasteiger partial charge in [-0.3, -0.25) is 4.79 Å². The van der Waals surface area contributed by atoms with E-state index in [2.05, 4.69) is 63.5 Å². The highest BCUT2D eigenvalue weighted by atomic mass is 16.7. The first-order chi connectivity index (χ1) is 18.4. The molecule has 0 aliphatic rings. The SMILES string of the molecule is CCCCCCCCCCCc1ccccc1OC(CC)OC(=O)CCCC[N+](C)(C)Cc1ccccc1. The second-order valence-electron chi connectivity index (χ2n) is 11.4. The molecular weight excluding hydrogens is 470 g/mol. The van der Waals surface area contributed by atoms with Gasteiger partial charge >= 0.3 is 5.97 Å². The molecule has 0 radical (unpaired) electrons. The molecule has 0 bridgehead atoms. The van der Waals surface area contributed by atoms with E-state index in [-0.39, 0.29) is 5.97 Å². The predicted molar refractivity (Wildman–Crippen MR) is 159 cm³/mol. The maximum atomic E-state index is 12.6. The van der Waals surface area contributed by atoms with Gasteiger partial charge in [0.25, 0.3) is 0 Å². The summed E-state index contributed by atoms with van der Waals surface area (Å²) in [7, 11) is 4.50. The van der Waals surface area contributed by atoms with Crippen molar-refractivity contribution >= 4 is 5.97 Å². The summed E-state index contributed by atoms with van der Waals surface area (Å²) >= 11 is 0. The number of benzene rings is 2. The van der Waals surface area contributed by atoms with Crippen LogP contribution < -0.4 is 4.74 Å². The molecule has 0 saturated carbocycles. The van der Waals surface area contributed by atoms with E-state index in [0.29, 0.717) is 12.8 Å². The van der Waals surface area contributed by atoms with Gasteiger partial charge in [0.2, 0.25) is 6.29 Å². The minimum atomic E-state index is -0.530. The Bertz CT molecular complexity index is 880. The highest BCUT2D eigenvalue weighted by Crippen LogP contribution is 2.23. The van der Waals surface area contributed by atoms with E-state index in [0.717, 1.165) is 42.6 Å². The molecule has 0 amide bonds. The molecule has 1 atom stereocenters. The van der Waals surface area contributed by atoms with Crippen molar-refractivity contribution in [1.82, 2.24) is 0 Å². The van der Waals surface area contributed by atoms with Gasteiger partial charge in [0.15, 0.2) is 0 Å². The Labute approximate surface area is 233 Å². The van der Waals surface area contributed by atoms with E-state index in [9.17, 15) is 4.79 Å². The number of quaternary nitrogens is 1. The van der Waals surface area contributed by atoms with Crippen molar-refractivity contribution in [2.45, 2.75) is 117 Å². The van der Waals surface area contributed by atoms with Crippen LogP contribution in [0.4, 0.5) is 0 Å². The Morgan fingerprint density at radius 1 is 0.763 bits per heavy atom. The highest BCUT2D eigenvalue weighted by Gasteiger charge is 2.18. The van der Waals surface area contributed by atoms with Crippen LogP contribution in [0.2, 0.25) is 0 Å². The Balaban J connectivity index is 1.67. The normalized spacial score (nSPS) is 12.3. The lowest BCUT2D eigenvalue weighted by molar-refractivity contribution is -0.903. The lowest BCUT2D eigenvalue weighted by Gasteiger charge is -2.30. The van der Waals surface area contributed by atoms with Crippen molar-refractivity contribution in [3.8, 4) is 5.75 Å². The van der Waals surface area contributed by atoms with Crippen molar-refractivity contribution < 1.29 is 18.8 Å². The molecule has 0 aliphatic heterocycles. The smallest absolute Gasteiger partial charge is 0.308 e. The fraction of sp³-hybridized carbons (Fsp3) is 0.618. The van der Waals surface area contributed by atoms with Gasteiger partial charge in [-0.1, -0.05) is 114 Å². The first-order valence-corrected chi connectivity index (χ1v) is 15.2. The summed E-state index contributed by atoms with van der Waals surface area (Å²) in [5.41, 5.74) is 2.56. The number of carbonyl (C=O) groups excluding carboxylic acids is 1. The predicted octanol–water partition coefficient (Wildman–Crippen LogP) is 8.86. The first-order valence-electron chi connectivity index (χ1n) is 15.2. The minimum Gasteiger partial charge on any atom is -0.455 e. The summed E-state index contributed by atoms with van der Waals surface area (Å²) in [6, 6.07) is 18.8. The van der Waals surface area contributed by atoms with Crippen LogP contribution in [0.15, 0.2) is 54.6 Å². The molecule has 212 valence electrons. The number of rotatable bonds is 21. The molecule has 0 spiro atoms. The van der Waals surface area contributed by atoms with E-state index in [1.54, 1.807) is 0 Å². The van der Waals surface area contributed by atoms with E-state index in [1.807, 2.05) is 19.1 Å². The topological polar surface area (TPSA) is 35.5 Å². The van der Waals surface area contributed by atoms with Crippen LogP contribution in [-0.2, 0) is 22.5 Å². The van der Waals surface area contributed by atoms with Crippen molar-refractivity contribution in [2.24, 2.45) is 0 Å². The number of carbonyl (C=O) groups is 1. The zero-order valence-corrected chi connectivity index (χ0v) is 24.8. The Morgan fingerprint density at radius 3 is 2.08 bits per heavy atom. The molecule has 0 saturated heterocycles. The summed E-state index contributed by atoms with van der Waals surface area (Å²) in [5, 5.41) is 0. The largest absolute Gasteiger partial charge is 0.455 e. The van der Waals surface area contributed by atoms with E-state index >= 15 is 0 Å². The van der Waals surface area contributed by atoms with E-state index in [1.165, 1.54) is 68.9 Å². The molecule has 2 aromatic carbocycles. The zero-order valence-electron chi connectivity index (χ0n) is 24.8. The van der Waals surface area contributed by atoms with Crippen LogP contribution in [0, 0.1) is 0 Å². The minimum absolute atomic E-state index is 0.165. The number of hydrogen-bond donors (Lipinski definition) is 0. The van der Waals surface area contributed by atoms with Crippen LogP contribution in [0.1, 0.15) is 108 Å². The maximum absolute atomic E-state index is 12.6. The Hall–Kier alpha value is -2.33. The van der Waals surface area contributed by atoms with E-state index < -0.39 is 6.29 Å². The molecule has 38 heavy (non-hydrogen) atoms. The van der Waals surface area contributed by atoms with Gasteiger partial charge in [-0.15, -0.1) is 0 Å². The summed E-state index contributed by atoms with van der Waals surface area (Å²) < 4.78 is 12.8. The molecule has 2 aromatic rings. The Kier molecular flexibility index (Phi) is 15.8. The fourth-order valence-electron chi connectivity index (χ4n) is 4.96. The van der Waals surface area contributed by atoms with Crippen molar-refractivity contribution in [3.63, 3.8) is 0 Å². The second kappa shape index (κ2) is 18.8. The Morgan fingerprint density at radius 2 is 1.39 bits per heavy atom. The average molecular weight is 525 g/mol. The van der Waals surface area contributed by atoms with Crippen LogP contribution >= 0.6 is 0 Å². The number of nitrogens with zero attached hydrogens (tertiary/aromatic N) is 1. The molecule has 0 heterocycles. The van der Waals surface area contributed by atoms with Crippen LogP contribution in [0.3, 0.4) is 0 Å². The third-order valence-electron chi connectivity index (χ3n) is 7.22. The number of ether oxygens (including phenoxy) is 2. The summed E-state index contributed by atoms with van der Waals surface area (Å²) in [4.78, 5) is 12.6. The maximum Gasteiger partial charge on any atom is 0.308 e. The second-order valence-corrected chi connectivity index (χ2v) is 11.4. The number of hydrogen-bond acceptors (Lipinski definition) is 3. The molecule has 4 nitrogen and oxygen atoms in total. The van der Waals surface area contributed by atoms with Gasteiger partial charge in [0.05, 0.1) is 20.6 Å². The molecule has 0 N–H and O–H groups in total. The monoisotopic (exact) mass is 524 g/mol. The molecule has 2 rings (SSSR count). The van der Waals surface area contributed by atoms with Gasteiger partial charge in [-0.05, 0) is 37.3 Å². The van der Waals surface area contributed by atoms with Crippen LogP contribution in [0.5, 0.6) is 5.75 Å². The van der Waals surface area contributed by atoms with Crippen LogP contribution in [0.25, 0.3) is 0 Å². The van der Waals surface area contributed by atoms with Gasteiger partial charge in [-0.25, -0.2) is 0 Å². The lowest BCUT2D eigenvalue weighted by atomic mass is 10.0. The molecule has 0 aromatic heterocycles. The lowest BCUT2D eigenvalue weighted by Crippen LogP contribution is -2.39. The number of aryl methyl sites for hydroxylation is 1. The third kappa shape index (κ3) is 14.0. The number of esters is 1. The van der Waals surface area contributed by atoms with Gasteiger partial charge in [0.1, 0.15) is 12.3 Å². The number of para-hydroxylation sites is 1. The van der Waals surface area contributed by atoms with E-state index in [4.69, 9.17) is 9.47 Å². The standard InChI is InChI=1S/C34H54NO3/c1-5-7-8-9-10-11-12-13-17-24-31-25-18-19-26-32(31)37-34(6-2)38-33(36)27-20-21-28-35(3,4)29-30-22-15-14-16-23-30/h14-16,18-19,22-23,25-26,34H,5-13,17,20-21,24,27-29H2,1-4H3/q+1. The summed E-state index contributed by atoms with van der Waals surface area (Å²) in [6.45, 7) is 6.30. The third-order valence-corrected chi connectivity index (χ3v) is 7.22. The number of unbranched alkanes of at least 4 members (excludes halogenated alkanes) is 9. The quantitative estimate of drug-likeness (QED) is 0.0708. The van der Waals surface area contributed by atoms with Gasteiger partial charge < -0.3 is 14.0 Å². The van der Waals surface area contributed by atoms with Crippen LogP contribution in [-0.4, -0.2) is 37.4 Å². The summed E-state index contributed by atoms with van der Waals surface area (Å²) in [5.74, 6) is 0.688. The molecule has 4 heteroatoms. The zero-order chi connectivity index (χ0) is 27.5. The molecule has 0 aliphatic carbocycles. The van der Waals surface area contributed by atoms with Crippen molar-refractivity contribution in [3.05, 3.63) is 65.7 Å². The van der Waals surface area contributed by atoms with Crippen molar-refractivity contribution in [1.29, 1.82) is 0 Å². The van der Waals surface area contributed by atoms with Gasteiger partial charge in [0, 0.05) is 18.4 Å². The molecular formula is C34H54NO3+. The molecule has 1 unspecified atom stereocenters.